The Morgan fingerprint density at radius 2 is 2.25 bits per heavy atom. The minimum Gasteiger partial charge on any atom is -0.316 e. The average Bonchev–Trinajstić information content (AvgIpc) is 3.22. The number of rotatable bonds is 5. The fraction of sp³-hybridized carbons (Fsp3) is 0.0667. The SMILES string of the molecule is N#Cc1ccsc1NC(=O)CSc1n[nH]c(-c2ccccc2F)n1. The molecule has 2 N–H and O–H groups in total. The van der Waals surface area contributed by atoms with Gasteiger partial charge in [0, 0.05) is 0 Å². The molecule has 1 amide bonds. The maximum atomic E-state index is 13.7. The predicted molar refractivity (Wildman–Crippen MR) is 90.2 cm³/mol. The van der Waals surface area contributed by atoms with Crippen LogP contribution in [0, 0.1) is 17.1 Å². The van der Waals surface area contributed by atoms with E-state index < -0.39 is 5.82 Å². The summed E-state index contributed by atoms with van der Waals surface area (Å²) in [6.45, 7) is 0. The number of carbonyl (C=O) groups is 1. The van der Waals surface area contributed by atoms with Gasteiger partial charge in [-0.15, -0.1) is 16.4 Å². The molecule has 0 aliphatic heterocycles. The molecule has 24 heavy (non-hydrogen) atoms. The molecule has 0 bridgehead atoms. The molecule has 1 aromatic carbocycles. The molecule has 0 aliphatic rings. The van der Waals surface area contributed by atoms with E-state index in [9.17, 15) is 9.18 Å². The number of hydrogen-bond acceptors (Lipinski definition) is 6. The molecule has 0 radical (unpaired) electrons. The Hall–Kier alpha value is -2.70. The van der Waals surface area contributed by atoms with E-state index in [0.717, 1.165) is 11.8 Å². The smallest absolute Gasteiger partial charge is 0.235 e. The van der Waals surface area contributed by atoms with Crippen molar-refractivity contribution >= 4 is 34.0 Å². The number of H-pyrrole nitrogens is 1. The molecular weight excluding hydrogens is 349 g/mol. The third-order valence-corrected chi connectivity index (χ3v) is 4.64. The topological polar surface area (TPSA) is 94.5 Å². The first-order valence-electron chi connectivity index (χ1n) is 6.75. The fourth-order valence-electron chi connectivity index (χ4n) is 1.87. The van der Waals surface area contributed by atoms with Gasteiger partial charge in [0.2, 0.25) is 11.1 Å². The van der Waals surface area contributed by atoms with Crippen LogP contribution < -0.4 is 5.32 Å². The van der Waals surface area contributed by atoms with Gasteiger partial charge in [0.15, 0.2) is 5.82 Å². The van der Waals surface area contributed by atoms with Gasteiger partial charge in [-0.1, -0.05) is 23.9 Å². The molecule has 0 aliphatic carbocycles. The third kappa shape index (κ3) is 3.61. The number of thioether (sulfide) groups is 1. The number of amides is 1. The minimum atomic E-state index is -0.398. The Morgan fingerprint density at radius 3 is 3.04 bits per heavy atom. The van der Waals surface area contributed by atoms with Crippen LogP contribution in [-0.2, 0) is 4.79 Å². The predicted octanol–water partition coefficient (Wildman–Crippen LogP) is 3.27. The molecule has 2 heterocycles. The highest BCUT2D eigenvalue weighted by atomic mass is 32.2. The highest BCUT2D eigenvalue weighted by molar-refractivity contribution is 7.99. The molecule has 0 unspecified atom stereocenters. The van der Waals surface area contributed by atoms with Crippen molar-refractivity contribution in [3.05, 3.63) is 47.1 Å². The summed E-state index contributed by atoms with van der Waals surface area (Å²) in [4.78, 5) is 16.1. The Bertz CT molecular complexity index is 914. The van der Waals surface area contributed by atoms with Crippen LogP contribution in [0.2, 0.25) is 0 Å². The van der Waals surface area contributed by atoms with Crippen molar-refractivity contribution in [2.24, 2.45) is 0 Å². The number of nitriles is 1. The Morgan fingerprint density at radius 1 is 1.42 bits per heavy atom. The first-order valence-corrected chi connectivity index (χ1v) is 8.61. The van der Waals surface area contributed by atoms with Gasteiger partial charge in [-0.3, -0.25) is 9.89 Å². The summed E-state index contributed by atoms with van der Waals surface area (Å²) >= 11 is 2.40. The Balaban J connectivity index is 1.61. The third-order valence-electron chi connectivity index (χ3n) is 2.96. The van der Waals surface area contributed by atoms with E-state index in [4.69, 9.17) is 5.26 Å². The van der Waals surface area contributed by atoms with Gasteiger partial charge in [0.25, 0.3) is 0 Å². The normalized spacial score (nSPS) is 10.3. The molecule has 0 spiro atoms. The first kappa shape index (κ1) is 16.2. The fourth-order valence-corrected chi connectivity index (χ4v) is 3.22. The first-order chi connectivity index (χ1) is 11.7. The molecule has 6 nitrogen and oxygen atoms in total. The van der Waals surface area contributed by atoms with Crippen LogP contribution in [0.4, 0.5) is 9.39 Å². The van der Waals surface area contributed by atoms with Crippen LogP contribution in [0.1, 0.15) is 5.56 Å². The molecule has 0 saturated heterocycles. The summed E-state index contributed by atoms with van der Waals surface area (Å²) in [5, 5.41) is 20.8. The lowest BCUT2D eigenvalue weighted by Crippen LogP contribution is -2.13. The molecule has 2 aromatic heterocycles. The van der Waals surface area contributed by atoms with E-state index in [1.807, 2.05) is 6.07 Å². The lowest BCUT2D eigenvalue weighted by molar-refractivity contribution is -0.113. The van der Waals surface area contributed by atoms with E-state index in [0.29, 0.717) is 27.1 Å². The summed E-state index contributed by atoms with van der Waals surface area (Å²) in [6, 6.07) is 9.88. The lowest BCUT2D eigenvalue weighted by Gasteiger charge is -2.01. The van der Waals surface area contributed by atoms with E-state index >= 15 is 0 Å². The molecule has 0 fully saturated rings. The summed E-state index contributed by atoms with van der Waals surface area (Å²) in [7, 11) is 0. The molecule has 120 valence electrons. The number of nitrogens with one attached hydrogen (secondary N) is 2. The van der Waals surface area contributed by atoms with Crippen LogP contribution in [-0.4, -0.2) is 26.8 Å². The molecule has 3 rings (SSSR count). The molecule has 0 atom stereocenters. The van der Waals surface area contributed by atoms with E-state index in [1.165, 1.54) is 17.4 Å². The van der Waals surface area contributed by atoms with Gasteiger partial charge in [-0.05, 0) is 23.6 Å². The van der Waals surface area contributed by atoms with E-state index in [1.54, 1.807) is 29.6 Å². The zero-order valence-corrected chi connectivity index (χ0v) is 13.7. The minimum absolute atomic E-state index is 0.0807. The van der Waals surface area contributed by atoms with Crippen molar-refractivity contribution in [2.75, 3.05) is 11.1 Å². The largest absolute Gasteiger partial charge is 0.316 e. The second kappa shape index (κ2) is 7.25. The zero-order valence-electron chi connectivity index (χ0n) is 12.1. The van der Waals surface area contributed by atoms with Gasteiger partial charge in [-0.25, -0.2) is 9.37 Å². The zero-order chi connectivity index (χ0) is 16.9. The summed E-state index contributed by atoms with van der Waals surface area (Å²) in [5.74, 6) is -0.279. The molecule has 0 saturated carbocycles. The standard InChI is InChI=1S/C15H10FN5OS2/c16-11-4-2-1-3-10(11)13-19-15(21-20-13)24-8-12(22)18-14-9(7-17)5-6-23-14/h1-6H,8H2,(H,18,22)(H,19,20,21). The highest BCUT2D eigenvalue weighted by Gasteiger charge is 2.13. The number of thiophene rings is 1. The van der Waals surface area contributed by atoms with Gasteiger partial charge >= 0.3 is 0 Å². The van der Waals surface area contributed by atoms with Gasteiger partial charge < -0.3 is 5.32 Å². The average molecular weight is 359 g/mol. The second-order valence-corrected chi connectivity index (χ2v) is 6.42. The van der Waals surface area contributed by atoms with Crippen LogP contribution in [0.5, 0.6) is 0 Å². The summed E-state index contributed by atoms with van der Waals surface area (Å²) in [5.41, 5.74) is 0.747. The van der Waals surface area contributed by atoms with Crippen LogP contribution in [0.15, 0.2) is 40.9 Å². The van der Waals surface area contributed by atoms with Crippen LogP contribution in [0.3, 0.4) is 0 Å². The number of nitrogens with zero attached hydrogens (tertiary/aromatic N) is 3. The lowest BCUT2D eigenvalue weighted by atomic mass is 10.2. The van der Waals surface area contributed by atoms with Crippen molar-refractivity contribution < 1.29 is 9.18 Å². The van der Waals surface area contributed by atoms with Crippen molar-refractivity contribution in [2.45, 2.75) is 5.16 Å². The van der Waals surface area contributed by atoms with Gasteiger partial charge in [-0.2, -0.15) is 5.26 Å². The van der Waals surface area contributed by atoms with Crippen molar-refractivity contribution in [3.8, 4) is 17.5 Å². The highest BCUT2D eigenvalue weighted by Crippen LogP contribution is 2.24. The van der Waals surface area contributed by atoms with Crippen molar-refractivity contribution in [3.63, 3.8) is 0 Å². The monoisotopic (exact) mass is 359 g/mol. The van der Waals surface area contributed by atoms with E-state index in [-0.39, 0.29) is 11.7 Å². The maximum Gasteiger partial charge on any atom is 0.235 e. The second-order valence-electron chi connectivity index (χ2n) is 4.56. The number of hydrogen-bond donors (Lipinski definition) is 2. The Kier molecular flexibility index (Phi) is 4.88. The molecule has 9 heteroatoms. The number of aromatic amines is 1. The number of halogens is 1. The van der Waals surface area contributed by atoms with Gasteiger partial charge in [0.1, 0.15) is 16.9 Å². The molecular formula is C15H10FN5OS2. The summed E-state index contributed by atoms with van der Waals surface area (Å²) < 4.78 is 13.7. The van der Waals surface area contributed by atoms with Crippen molar-refractivity contribution in [1.29, 1.82) is 5.26 Å². The number of anilines is 1. The Labute approximate surface area is 144 Å². The van der Waals surface area contributed by atoms with Gasteiger partial charge in [0.05, 0.1) is 16.9 Å². The van der Waals surface area contributed by atoms with E-state index in [2.05, 4.69) is 20.5 Å². The number of aromatic nitrogens is 3. The maximum absolute atomic E-state index is 13.7. The van der Waals surface area contributed by atoms with Crippen LogP contribution >= 0.6 is 23.1 Å². The summed E-state index contributed by atoms with van der Waals surface area (Å²) in [6.07, 6.45) is 0. The number of carbonyl (C=O) groups excluding carboxylic acids is 1. The quantitative estimate of drug-likeness (QED) is 0.682. The van der Waals surface area contributed by atoms with Crippen LogP contribution in [0.25, 0.3) is 11.4 Å². The molecule has 3 aromatic rings. The van der Waals surface area contributed by atoms with Crippen molar-refractivity contribution in [1.82, 2.24) is 15.2 Å². The number of benzene rings is 1.